The quantitative estimate of drug-likeness (QED) is 0.496. The molecule has 28 heavy (non-hydrogen) atoms. The van der Waals surface area contributed by atoms with Crippen LogP contribution >= 0.6 is 11.3 Å². The Bertz CT molecular complexity index is 1170. The Labute approximate surface area is 166 Å². The number of benzene rings is 1. The smallest absolute Gasteiger partial charge is 0.261 e. The summed E-state index contributed by atoms with van der Waals surface area (Å²) in [5.41, 5.74) is 4.41. The number of pyridine rings is 2. The van der Waals surface area contributed by atoms with Gasteiger partial charge in [0.2, 0.25) is 5.95 Å². The average molecular weight is 391 g/mol. The van der Waals surface area contributed by atoms with Crippen LogP contribution in [0.15, 0.2) is 54.9 Å². The maximum absolute atomic E-state index is 13.8. The van der Waals surface area contributed by atoms with Gasteiger partial charge in [0.15, 0.2) is 0 Å². The first-order chi connectivity index (χ1) is 13.5. The predicted octanol–water partition coefficient (Wildman–Crippen LogP) is 5.04. The van der Waals surface area contributed by atoms with E-state index >= 15 is 0 Å². The van der Waals surface area contributed by atoms with Gasteiger partial charge in [0, 0.05) is 29.9 Å². The third-order valence-electron chi connectivity index (χ3n) is 4.78. The van der Waals surface area contributed by atoms with Crippen molar-refractivity contribution in [3.63, 3.8) is 0 Å². The fraction of sp³-hybridized carbons (Fsp3) is 0.136. The van der Waals surface area contributed by atoms with Crippen LogP contribution in [0.3, 0.4) is 0 Å². The minimum Gasteiger partial charge on any atom is -0.347 e. The lowest BCUT2D eigenvalue weighted by Gasteiger charge is -2.06. The lowest BCUT2D eigenvalue weighted by Crippen LogP contribution is -2.21. The Kier molecular flexibility index (Phi) is 4.88. The van der Waals surface area contributed by atoms with Crippen molar-refractivity contribution >= 4 is 27.5 Å². The van der Waals surface area contributed by atoms with E-state index in [4.69, 9.17) is 0 Å². The summed E-state index contributed by atoms with van der Waals surface area (Å²) >= 11 is 1.39. The number of rotatable bonds is 4. The minimum absolute atomic E-state index is 0.123. The van der Waals surface area contributed by atoms with Crippen molar-refractivity contribution in [2.45, 2.75) is 20.4 Å². The Morgan fingerprint density at radius 3 is 2.68 bits per heavy atom. The lowest BCUT2D eigenvalue weighted by atomic mass is 10.1. The van der Waals surface area contributed by atoms with Crippen molar-refractivity contribution in [2.24, 2.45) is 0 Å². The molecule has 0 bridgehead atoms. The van der Waals surface area contributed by atoms with Crippen LogP contribution in [0.1, 0.15) is 26.4 Å². The summed E-state index contributed by atoms with van der Waals surface area (Å²) in [4.78, 5) is 22.1. The van der Waals surface area contributed by atoms with Crippen LogP contribution in [0, 0.1) is 19.8 Å². The van der Waals surface area contributed by atoms with E-state index in [1.165, 1.54) is 17.5 Å². The van der Waals surface area contributed by atoms with E-state index in [0.717, 1.165) is 32.5 Å². The third-order valence-corrected chi connectivity index (χ3v) is 5.83. The Balaban J connectivity index is 1.46. The van der Waals surface area contributed by atoms with Gasteiger partial charge in [-0.1, -0.05) is 24.3 Å². The van der Waals surface area contributed by atoms with Crippen LogP contribution in [-0.2, 0) is 6.54 Å². The van der Waals surface area contributed by atoms with Crippen molar-refractivity contribution in [1.29, 1.82) is 0 Å². The standard InChI is InChI=1S/C22H18FN3OS/c1-13-11-26-22-18(14(13)2)10-19(28-22)21(27)25-12-15-5-7-16(8-6-15)17-4-3-9-24-20(17)23/h3-11H,12H2,1-2H3,(H,25,27). The van der Waals surface area contributed by atoms with E-state index in [-0.39, 0.29) is 5.91 Å². The summed E-state index contributed by atoms with van der Waals surface area (Å²) in [6.45, 7) is 4.45. The molecule has 4 rings (SSSR count). The Morgan fingerprint density at radius 2 is 1.93 bits per heavy atom. The van der Waals surface area contributed by atoms with E-state index in [2.05, 4.69) is 15.3 Å². The van der Waals surface area contributed by atoms with Crippen LogP contribution in [0.25, 0.3) is 21.3 Å². The molecule has 1 N–H and O–H groups in total. The number of carbonyl (C=O) groups is 1. The SMILES string of the molecule is Cc1cnc2sc(C(=O)NCc3ccc(-c4cccnc4F)cc3)cc2c1C. The first kappa shape index (κ1) is 18.3. The van der Waals surface area contributed by atoms with E-state index in [1.54, 1.807) is 12.1 Å². The van der Waals surface area contributed by atoms with Gasteiger partial charge in [0.05, 0.1) is 4.88 Å². The van der Waals surface area contributed by atoms with Gasteiger partial charge in [-0.2, -0.15) is 4.39 Å². The van der Waals surface area contributed by atoms with Crippen LogP contribution in [-0.4, -0.2) is 15.9 Å². The second-order valence-corrected chi connectivity index (χ2v) is 7.65. The van der Waals surface area contributed by atoms with Gasteiger partial charge >= 0.3 is 0 Å². The molecule has 140 valence electrons. The summed E-state index contributed by atoms with van der Waals surface area (Å²) in [7, 11) is 0. The molecule has 4 nitrogen and oxygen atoms in total. The molecule has 3 heterocycles. The Hall–Kier alpha value is -3.12. The highest BCUT2D eigenvalue weighted by Gasteiger charge is 2.13. The predicted molar refractivity (Wildman–Crippen MR) is 110 cm³/mol. The molecule has 0 aliphatic rings. The zero-order chi connectivity index (χ0) is 19.7. The van der Waals surface area contributed by atoms with Crippen molar-refractivity contribution in [3.05, 3.63) is 82.4 Å². The molecule has 0 radical (unpaired) electrons. The molecule has 0 saturated carbocycles. The molecule has 0 aliphatic carbocycles. The van der Waals surface area contributed by atoms with Gasteiger partial charge < -0.3 is 5.32 Å². The molecule has 0 fully saturated rings. The van der Waals surface area contributed by atoms with Crippen molar-refractivity contribution < 1.29 is 9.18 Å². The van der Waals surface area contributed by atoms with Gasteiger partial charge in [-0.3, -0.25) is 4.79 Å². The number of fused-ring (bicyclic) bond motifs is 1. The molecule has 0 atom stereocenters. The molecule has 1 amide bonds. The van der Waals surface area contributed by atoms with Crippen molar-refractivity contribution in [1.82, 2.24) is 15.3 Å². The van der Waals surface area contributed by atoms with Crippen LogP contribution in [0.5, 0.6) is 0 Å². The van der Waals surface area contributed by atoms with Crippen molar-refractivity contribution in [3.8, 4) is 11.1 Å². The molecular weight excluding hydrogens is 373 g/mol. The highest BCUT2D eigenvalue weighted by Crippen LogP contribution is 2.28. The highest BCUT2D eigenvalue weighted by atomic mass is 32.1. The first-order valence-corrected chi connectivity index (χ1v) is 9.68. The topological polar surface area (TPSA) is 54.9 Å². The number of amides is 1. The monoisotopic (exact) mass is 391 g/mol. The molecule has 4 aromatic rings. The molecule has 0 saturated heterocycles. The van der Waals surface area contributed by atoms with E-state index < -0.39 is 5.95 Å². The van der Waals surface area contributed by atoms with Crippen molar-refractivity contribution in [2.75, 3.05) is 0 Å². The van der Waals surface area contributed by atoms with Gasteiger partial charge in [-0.05, 0) is 54.3 Å². The van der Waals surface area contributed by atoms with Gasteiger partial charge in [-0.15, -0.1) is 11.3 Å². The summed E-state index contributed by atoms with van der Waals surface area (Å²) in [5, 5.41) is 3.96. The summed E-state index contributed by atoms with van der Waals surface area (Å²) in [5.74, 6) is -0.616. The number of nitrogens with zero attached hydrogens (tertiary/aromatic N) is 2. The lowest BCUT2D eigenvalue weighted by molar-refractivity contribution is 0.0955. The van der Waals surface area contributed by atoms with Gasteiger partial charge in [-0.25, -0.2) is 9.97 Å². The fourth-order valence-corrected chi connectivity index (χ4v) is 3.97. The number of aromatic nitrogens is 2. The van der Waals surface area contributed by atoms with Crippen LogP contribution < -0.4 is 5.32 Å². The maximum Gasteiger partial charge on any atom is 0.261 e. The normalized spacial score (nSPS) is 11.0. The maximum atomic E-state index is 13.8. The fourth-order valence-electron chi connectivity index (χ4n) is 3.00. The summed E-state index contributed by atoms with van der Waals surface area (Å²) < 4.78 is 13.8. The second kappa shape index (κ2) is 7.48. The molecule has 0 spiro atoms. The molecule has 3 aromatic heterocycles. The molecule has 6 heteroatoms. The van der Waals surface area contributed by atoms with Gasteiger partial charge in [0.25, 0.3) is 5.91 Å². The van der Waals surface area contributed by atoms with Crippen LogP contribution in [0.2, 0.25) is 0 Å². The second-order valence-electron chi connectivity index (χ2n) is 6.62. The van der Waals surface area contributed by atoms with Crippen LogP contribution in [0.4, 0.5) is 4.39 Å². The number of aryl methyl sites for hydroxylation is 2. The number of nitrogens with one attached hydrogen (secondary N) is 1. The number of carbonyl (C=O) groups excluding carboxylic acids is 1. The summed E-state index contributed by atoms with van der Waals surface area (Å²) in [6.07, 6.45) is 3.26. The Morgan fingerprint density at radius 1 is 1.14 bits per heavy atom. The third kappa shape index (κ3) is 3.51. The molecule has 0 unspecified atom stereocenters. The zero-order valence-corrected chi connectivity index (χ0v) is 16.3. The van der Waals surface area contributed by atoms with E-state index in [9.17, 15) is 9.18 Å². The highest BCUT2D eigenvalue weighted by molar-refractivity contribution is 7.20. The van der Waals surface area contributed by atoms with E-state index in [0.29, 0.717) is 17.0 Å². The minimum atomic E-state index is -0.493. The number of thiophene rings is 1. The first-order valence-electron chi connectivity index (χ1n) is 8.86. The van der Waals surface area contributed by atoms with E-state index in [1.807, 2.05) is 50.4 Å². The molecule has 1 aromatic carbocycles. The summed E-state index contributed by atoms with van der Waals surface area (Å²) in [6, 6.07) is 12.7. The van der Waals surface area contributed by atoms with Gasteiger partial charge in [0.1, 0.15) is 4.83 Å². The zero-order valence-electron chi connectivity index (χ0n) is 15.5. The number of halogens is 1. The largest absolute Gasteiger partial charge is 0.347 e. The average Bonchev–Trinajstić information content (AvgIpc) is 3.15. The molecule has 0 aliphatic heterocycles. The molecular formula is C22H18FN3OS. The number of hydrogen-bond donors (Lipinski definition) is 1. The number of hydrogen-bond acceptors (Lipinski definition) is 4.